The first kappa shape index (κ1) is 29.7. The van der Waals surface area contributed by atoms with Gasteiger partial charge in [-0.05, 0) is 95.1 Å². The molecule has 4 nitrogen and oxygen atoms in total. The van der Waals surface area contributed by atoms with Crippen LogP contribution in [0.2, 0.25) is 0 Å². The van der Waals surface area contributed by atoms with Crippen LogP contribution in [0.3, 0.4) is 0 Å². The van der Waals surface area contributed by atoms with Crippen LogP contribution >= 0.6 is 23.5 Å². The molecule has 6 aromatic rings. The second-order valence-corrected chi connectivity index (χ2v) is 13.8. The minimum atomic E-state index is 0.644. The molecular formula is C42H28N4S2. The highest BCUT2D eigenvalue weighted by Crippen LogP contribution is 2.57. The summed E-state index contributed by atoms with van der Waals surface area (Å²) in [4.78, 5) is 7.07. The fourth-order valence-corrected chi connectivity index (χ4v) is 9.05. The van der Waals surface area contributed by atoms with Crippen molar-refractivity contribution in [3.05, 3.63) is 177 Å². The van der Waals surface area contributed by atoms with Crippen molar-refractivity contribution in [2.24, 2.45) is 0 Å². The lowest BCUT2D eigenvalue weighted by Crippen LogP contribution is -2.22. The van der Waals surface area contributed by atoms with Crippen molar-refractivity contribution in [3.8, 4) is 12.1 Å². The predicted octanol–water partition coefficient (Wildman–Crippen LogP) is 11.4. The molecular weight excluding hydrogens is 625 g/mol. The maximum atomic E-state index is 9.47. The van der Waals surface area contributed by atoms with Gasteiger partial charge in [-0.25, -0.2) is 0 Å². The van der Waals surface area contributed by atoms with E-state index in [4.69, 9.17) is 0 Å². The highest BCUT2D eigenvalue weighted by molar-refractivity contribution is 8.15. The van der Waals surface area contributed by atoms with E-state index in [1.165, 1.54) is 21.5 Å². The zero-order valence-corrected chi connectivity index (χ0v) is 27.9. The second-order valence-electron chi connectivity index (χ2n) is 11.8. The fraction of sp³-hybridized carbons (Fsp3) is 0.0476. The van der Waals surface area contributed by atoms with Gasteiger partial charge in [0.15, 0.2) is 0 Å². The Labute approximate surface area is 288 Å². The summed E-state index contributed by atoms with van der Waals surface area (Å²) in [5.41, 5.74) is 7.89. The number of thioether (sulfide) groups is 2. The molecule has 0 aliphatic carbocycles. The van der Waals surface area contributed by atoms with Crippen LogP contribution in [0.5, 0.6) is 0 Å². The van der Waals surface area contributed by atoms with E-state index in [9.17, 15) is 10.5 Å². The van der Waals surface area contributed by atoms with Crippen LogP contribution in [0.1, 0.15) is 36.1 Å². The van der Waals surface area contributed by atoms with Crippen molar-refractivity contribution in [1.82, 2.24) is 0 Å². The number of allylic oxidation sites excluding steroid dienone is 2. The average Bonchev–Trinajstić information content (AvgIpc) is 3.67. The van der Waals surface area contributed by atoms with Crippen LogP contribution in [0.4, 0.5) is 11.4 Å². The Balaban J connectivity index is 1.35. The maximum absolute atomic E-state index is 9.47. The van der Waals surface area contributed by atoms with Crippen LogP contribution in [-0.4, -0.2) is 0 Å². The molecule has 0 amide bonds. The zero-order valence-electron chi connectivity index (χ0n) is 26.3. The summed E-state index contributed by atoms with van der Waals surface area (Å²) in [6, 6.07) is 50.5. The lowest BCUT2D eigenvalue weighted by Gasteiger charge is -2.28. The number of nitriles is 2. The third-order valence-corrected chi connectivity index (χ3v) is 11.6. The minimum absolute atomic E-state index is 0.644. The van der Waals surface area contributed by atoms with E-state index in [1.807, 2.05) is 48.5 Å². The smallest absolute Gasteiger partial charge is 0.116 e. The first-order chi connectivity index (χ1) is 23.5. The largest absolute Gasteiger partial charge is 0.305 e. The molecule has 0 atom stereocenters. The van der Waals surface area contributed by atoms with Crippen molar-refractivity contribution in [1.29, 1.82) is 10.5 Å². The molecule has 6 heteroatoms. The summed E-state index contributed by atoms with van der Waals surface area (Å²) in [5.74, 6) is 0. The molecule has 0 aromatic heterocycles. The van der Waals surface area contributed by atoms with Gasteiger partial charge in [-0.3, -0.25) is 0 Å². The van der Waals surface area contributed by atoms with E-state index in [2.05, 4.69) is 121 Å². The van der Waals surface area contributed by atoms with Gasteiger partial charge in [-0.2, -0.15) is 10.5 Å². The summed E-state index contributed by atoms with van der Waals surface area (Å²) in [5, 5.41) is 25.9. The number of rotatable bonds is 4. The minimum Gasteiger partial charge on any atom is -0.305 e. The highest BCUT2D eigenvalue weighted by Gasteiger charge is 2.37. The monoisotopic (exact) mass is 652 g/mol. The van der Waals surface area contributed by atoms with Crippen molar-refractivity contribution in [2.75, 3.05) is 9.80 Å². The van der Waals surface area contributed by atoms with Crippen molar-refractivity contribution < 1.29 is 0 Å². The molecule has 0 N–H and O–H groups in total. The van der Waals surface area contributed by atoms with Crippen molar-refractivity contribution >= 4 is 66.3 Å². The SMILES string of the molecule is CC1=C(c2ccc(C#N)cc2)S/C(=C2/SC(c3ccc(C#N)cc3)=C(C)N2c2ccc3ccccc3c2)N1c1ccc2ccccc2c1. The third-order valence-electron chi connectivity index (χ3n) is 8.85. The van der Waals surface area contributed by atoms with Gasteiger partial charge in [0, 0.05) is 32.6 Å². The Morgan fingerprint density at radius 1 is 0.458 bits per heavy atom. The maximum Gasteiger partial charge on any atom is 0.116 e. The van der Waals surface area contributed by atoms with E-state index in [0.717, 1.165) is 53.8 Å². The molecule has 2 aliphatic rings. The predicted molar refractivity (Wildman–Crippen MR) is 203 cm³/mol. The van der Waals surface area contributed by atoms with Crippen LogP contribution in [0.15, 0.2) is 155 Å². The van der Waals surface area contributed by atoms with Gasteiger partial charge in [0.25, 0.3) is 0 Å². The third kappa shape index (κ3) is 5.13. The summed E-state index contributed by atoms with van der Waals surface area (Å²) < 4.78 is 0. The lowest BCUT2D eigenvalue weighted by molar-refractivity contribution is 1.10. The highest BCUT2D eigenvalue weighted by atomic mass is 32.2. The molecule has 0 saturated carbocycles. The molecule has 2 heterocycles. The number of hydrogen-bond acceptors (Lipinski definition) is 6. The van der Waals surface area contributed by atoms with Crippen LogP contribution in [0.25, 0.3) is 31.4 Å². The standard InChI is InChI=1S/C42H28N4S2/c1-27-39(33-15-11-29(25-43)12-16-33)47-41(45(27)37-21-19-31-7-3-5-9-35(31)23-37)42-46(38-22-20-32-8-4-6-10-36(32)24-38)28(2)40(48-42)34-17-13-30(26-44)14-18-34/h3-24H,1-2H3/b42-41+. The van der Waals surface area contributed by atoms with Gasteiger partial charge in [0.1, 0.15) is 10.1 Å². The number of nitrogens with zero attached hydrogens (tertiary/aromatic N) is 4. The van der Waals surface area contributed by atoms with Crippen LogP contribution in [0, 0.1) is 22.7 Å². The lowest BCUT2D eigenvalue weighted by atomic mass is 10.1. The number of anilines is 2. The first-order valence-electron chi connectivity index (χ1n) is 15.6. The van der Waals surface area contributed by atoms with E-state index in [-0.39, 0.29) is 0 Å². The van der Waals surface area contributed by atoms with E-state index in [0.29, 0.717) is 11.1 Å². The molecule has 0 radical (unpaired) electrons. The Morgan fingerprint density at radius 3 is 1.21 bits per heavy atom. The van der Waals surface area contributed by atoms with E-state index in [1.54, 1.807) is 23.5 Å². The van der Waals surface area contributed by atoms with Gasteiger partial charge in [0.2, 0.25) is 0 Å². The van der Waals surface area contributed by atoms with Gasteiger partial charge in [0.05, 0.1) is 23.3 Å². The van der Waals surface area contributed by atoms with E-state index < -0.39 is 0 Å². The topological polar surface area (TPSA) is 54.1 Å². The Bertz CT molecular complexity index is 2270. The molecule has 0 saturated heterocycles. The summed E-state index contributed by atoms with van der Waals surface area (Å²) in [7, 11) is 0. The molecule has 0 unspecified atom stereocenters. The quantitative estimate of drug-likeness (QED) is 0.189. The summed E-state index contributed by atoms with van der Waals surface area (Å²) in [6.07, 6.45) is 0. The van der Waals surface area contributed by atoms with Crippen molar-refractivity contribution in [2.45, 2.75) is 13.8 Å². The zero-order chi connectivity index (χ0) is 32.8. The molecule has 228 valence electrons. The number of fused-ring (bicyclic) bond motifs is 2. The summed E-state index contributed by atoms with van der Waals surface area (Å²) >= 11 is 3.54. The number of hydrogen-bond donors (Lipinski definition) is 0. The Morgan fingerprint density at radius 2 is 0.833 bits per heavy atom. The van der Waals surface area contributed by atoms with Crippen molar-refractivity contribution in [3.63, 3.8) is 0 Å². The first-order valence-corrected chi connectivity index (χ1v) is 17.3. The average molecular weight is 653 g/mol. The molecule has 0 bridgehead atoms. The molecule has 48 heavy (non-hydrogen) atoms. The molecule has 8 rings (SSSR count). The molecule has 6 aromatic carbocycles. The van der Waals surface area contributed by atoms with Crippen LogP contribution < -0.4 is 9.80 Å². The normalized spacial score (nSPS) is 16.2. The second kappa shape index (κ2) is 12.2. The van der Waals surface area contributed by atoms with Gasteiger partial charge >= 0.3 is 0 Å². The summed E-state index contributed by atoms with van der Waals surface area (Å²) in [6.45, 7) is 4.37. The van der Waals surface area contributed by atoms with Crippen LogP contribution in [-0.2, 0) is 0 Å². The van der Waals surface area contributed by atoms with Gasteiger partial charge < -0.3 is 9.80 Å². The van der Waals surface area contributed by atoms with E-state index >= 15 is 0 Å². The Hall–Kier alpha value is -5.66. The molecule has 0 spiro atoms. The van der Waals surface area contributed by atoms with Gasteiger partial charge in [-0.15, -0.1) is 0 Å². The molecule has 2 aliphatic heterocycles. The number of benzene rings is 6. The molecule has 0 fully saturated rings. The van der Waals surface area contributed by atoms with Gasteiger partial charge in [-0.1, -0.05) is 108 Å². The fourth-order valence-electron chi connectivity index (χ4n) is 6.40. The Kier molecular flexibility index (Phi) is 7.54.